The van der Waals surface area contributed by atoms with Crippen LogP contribution in [0.3, 0.4) is 0 Å². The highest BCUT2D eigenvalue weighted by Crippen LogP contribution is 2.18. The second kappa shape index (κ2) is 8.02. The van der Waals surface area contributed by atoms with Crippen LogP contribution in [0, 0.1) is 0 Å². The van der Waals surface area contributed by atoms with E-state index in [2.05, 4.69) is 41.6 Å². The highest BCUT2D eigenvalue weighted by atomic mass is 16.5. The molecule has 126 valence electrons. The number of nitrogens with zero attached hydrogens (tertiary/aromatic N) is 3. The summed E-state index contributed by atoms with van der Waals surface area (Å²) in [6.07, 6.45) is 5.78. The number of nitrogens with two attached hydrogens (primary N) is 1. The van der Waals surface area contributed by atoms with Gasteiger partial charge in [0.15, 0.2) is 0 Å². The fourth-order valence-corrected chi connectivity index (χ4v) is 2.56. The molecule has 0 spiro atoms. The molecule has 0 unspecified atom stereocenters. The van der Waals surface area contributed by atoms with E-state index in [0.717, 1.165) is 30.8 Å². The molecule has 0 aliphatic carbocycles. The van der Waals surface area contributed by atoms with Gasteiger partial charge in [0.2, 0.25) is 0 Å². The molecule has 2 N–H and O–H groups in total. The third kappa shape index (κ3) is 4.73. The summed E-state index contributed by atoms with van der Waals surface area (Å²) in [6.45, 7) is 8.71. The van der Waals surface area contributed by atoms with Gasteiger partial charge in [0.05, 0.1) is 11.2 Å². The maximum atomic E-state index is 5.98. The van der Waals surface area contributed by atoms with Gasteiger partial charge in [0.25, 0.3) is 0 Å². The van der Waals surface area contributed by atoms with E-state index < -0.39 is 0 Å². The van der Waals surface area contributed by atoms with Crippen LogP contribution in [0.2, 0.25) is 0 Å². The number of hydrogen-bond acceptors (Lipinski definition) is 4. The average molecular weight is 316 g/mol. The van der Waals surface area contributed by atoms with Crippen LogP contribution >= 0.6 is 0 Å². The lowest BCUT2D eigenvalue weighted by Gasteiger charge is -2.40. The van der Waals surface area contributed by atoms with E-state index in [1.54, 1.807) is 0 Å². The number of ether oxygens (including phenoxy) is 1. The zero-order valence-corrected chi connectivity index (χ0v) is 14.4. The third-order valence-electron chi connectivity index (χ3n) is 3.77. The molecule has 0 aliphatic heterocycles. The number of para-hydroxylation sites is 1. The fourth-order valence-electron chi connectivity index (χ4n) is 2.56. The standard InChI is InChI=1S/C18H28N4O/c1-4-12-22(21-13-16(10-11-19)20-15-21)18(2,3)14-23-17-8-6-5-7-9-17/h5-9,13,15H,4,10-12,14,19H2,1-3H3. The molecule has 1 aromatic heterocycles. The average Bonchev–Trinajstić information content (AvgIpc) is 3.00. The van der Waals surface area contributed by atoms with Gasteiger partial charge in [-0.05, 0) is 38.9 Å². The van der Waals surface area contributed by atoms with Crippen molar-refractivity contribution in [2.45, 2.75) is 39.2 Å². The molecule has 1 heterocycles. The van der Waals surface area contributed by atoms with Gasteiger partial charge in [0, 0.05) is 19.2 Å². The first kappa shape index (κ1) is 17.3. The Kier molecular flexibility index (Phi) is 6.04. The van der Waals surface area contributed by atoms with Crippen LogP contribution in [-0.4, -0.2) is 34.9 Å². The molecule has 0 fully saturated rings. The highest BCUT2D eigenvalue weighted by Gasteiger charge is 2.28. The Balaban J connectivity index is 2.10. The molecule has 2 aromatic rings. The lowest BCUT2D eigenvalue weighted by Crippen LogP contribution is -2.54. The SMILES string of the molecule is CCCN(n1cnc(CCN)c1)C(C)(C)COc1ccccc1. The summed E-state index contributed by atoms with van der Waals surface area (Å²) in [5.74, 6) is 0.895. The van der Waals surface area contributed by atoms with E-state index >= 15 is 0 Å². The van der Waals surface area contributed by atoms with E-state index in [9.17, 15) is 0 Å². The van der Waals surface area contributed by atoms with Crippen molar-refractivity contribution >= 4 is 0 Å². The summed E-state index contributed by atoms with van der Waals surface area (Å²) in [5, 5.41) is 2.29. The summed E-state index contributed by atoms with van der Waals surface area (Å²) in [7, 11) is 0. The predicted molar refractivity (Wildman–Crippen MR) is 94.4 cm³/mol. The van der Waals surface area contributed by atoms with E-state index in [-0.39, 0.29) is 5.54 Å². The van der Waals surface area contributed by atoms with Crippen molar-refractivity contribution in [1.82, 2.24) is 9.66 Å². The van der Waals surface area contributed by atoms with Gasteiger partial charge in [-0.3, -0.25) is 4.68 Å². The minimum Gasteiger partial charge on any atom is -0.491 e. The molecule has 2 rings (SSSR count). The predicted octanol–water partition coefficient (Wildman–Crippen LogP) is 2.59. The van der Waals surface area contributed by atoms with Crippen molar-refractivity contribution in [3.63, 3.8) is 0 Å². The van der Waals surface area contributed by atoms with Crippen LogP contribution in [0.5, 0.6) is 5.75 Å². The van der Waals surface area contributed by atoms with E-state index in [0.29, 0.717) is 13.2 Å². The molecular weight excluding hydrogens is 288 g/mol. The minimum absolute atomic E-state index is 0.160. The van der Waals surface area contributed by atoms with Gasteiger partial charge in [0.1, 0.15) is 18.7 Å². The Hall–Kier alpha value is -2.01. The van der Waals surface area contributed by atoms with Crippen molar-refractivity contribution in [3.8, 4) is 5.75 Å². The van der Waals surface area contributed by atoms with E-state index in [1.807, 2.05) is 36.7 Å². The van der Waals surface area contributed by atoms with Crippen LogP contribution < -0.4 is 15.5 Å². The molecule has 0 atom stereocenters. The van der Waals surface area contributed by atoms with Crippen LogP contribution in [0.4, 0.5) is 0 Å². The Morgan fingerprint density at radius 3 is 2.65 bits per heavy atom. The molecule has 23 heavy (non-hydrogen) atoms. The highest BCUT2D eigenvalue weighted by molar-refractivity contribution is 5.21. The number of hydrogen-bond donors (Lipinski definition) is 1. The largest absolute Gasteiger partial charge is 0.491 e. The molecule has 5 nitrogen and oxygen atoms in total. The first-order valence-corrected chi connectivity index (χ1v) is 8.25. The summed E-state index contributed by atoms with van der Waals surface area (Å²) in [4.78, 5) is 4.44. The second-order valence-electron chi connectivity index (χ2n) is 6.32. The molecule has 1 aromatic carbocycles. The molecule has 0 bridgehead atoms. The lowest BCUT2D eigenvalue weighted by molar-refractivity contribution is 0.208. The molecule has 0 saturated carbocycles. The number of imidazole rings is 1. The van der Waals surface area contributed by atoms with Crippen molar-refractivity contribution in [3.05, 3.63) is 48.5 Å². The van der Waals surface area contributed by atoms with Gasteiger partial charge in [-0.15, -0.1) is 0 Å². The number of benzene rings is 1. The maximum absolute atomic E-state index is 5.98. The quantitative estimate of drug-likeness (QED) is 0.772. The van der Waals surface area contributed by atoms with Crippen LogP contribution in [0.25, 0.3) is 0 Å². The van der Waals surface area contributed by atoms with Crippen molar-refractivity contribution < 1.29 is 4.74 Å². The summed E-state index contributed by atoms with van der Waals surface area (Å²) in [5.41, 5.74) is 6.48. The van der Waals surface area contributed by atoms with Crippen molar-refractivity contribution in [2.24, 2.45) is 5.73 Å². The Bertz CT molecular complexity index is 580. The molecular formula is C18H28N4O. The Morgan fingerprint density at radius 1 is 1.26 bits per heavy atom. The van der Waals surface area contributed by atoms with Crippen LogP contribution in [0.1, 0.15) is 32.9 Å². The maximum Gasteiger partial charge on any atom is 0.119 e. The Morgan fingerprint density at radius 2 is 2.00 bits per heavy atom. The first-order valence-electron chi connectivity index (χ1n) is 8.25. The Labute approximate surface area is 139 Å². The minimum atomic E-state index is -0.160. The third-order valence-corrected chi connectivity index (χ3v) is 3.77. The van der Waals surface area contributed by atoms with Gasteiger partial charge in [-0.25, -0.2) is 4.98 Å². The fraction of sp³-hybridized carbons (Fsp3) is 0.500. The topological polar surface area (TPSA) is 56.3 Å². The van der Waals surface area contributed by atoms with Gasteiger partial charge in [-0.1, -0.05) is 25.1 Å². The summed E-state index contributed by atoms with van der Waals surface area (Å²) in [6, 6.07) is 9.93. The normalized spacial score (nSPS) is 11.5. The van der Waals surface area contributed by atoms with E-state index in [4.69, 9.17) is 10.5 Å². The van der Waals surface area contributed by atoms with Gasteiger partial charge < -0.3 is 15.5 Å². The number of aromatic nitrogens is 2. The smallest absolute Gasteiger partial charge is 0.119 e. The number of rotatable bonds is 9. The summed E-state index contributed by atoms with van der Waals surface area (Å²) >= 11 is 0. The van der Waals surface area contributed by atoms with Crippen molar-refractivity contribution in [2.75, 3.05) is 24.7 Å². The molecule has 0 amide bonds. The van der Waals surface area contributed by atoms with Gasteiger partial charge in [-0.2, -0.15) is 0 Å². The molecule has 0 radical (unpaired) electrons. The first-order chi connectivity index (χ1) is 11.1. The zero-order valence-electron chi connectivity index (χ0n) is 14.4. The molecule has 5 heteroatoms. The summed E-state index contributed by atoms with van der Waals surface area (Å²) < 4.78 is 8.05. The monoisotopic (exact) mass is 316 g/mol. The van der Waals surface area contributed by atoms with Crippen LogP contribution in [0.15, 0.2) is 42.9 Å². The van der Waals surface area contributed by atoms with Gasteiger partial charge >= 0.3 is 0 Å². The molecule has 0 aliphatic rings. The molecule has 0 saturated heterocycles. The van der Waals surface area contributed by atoms with Crippen molar-refractivity contribution in [1.29, 1.82) is 0 Å². The lowest BCUT2D eigenvalue weighted by atomic mass is 10.1. The zero-order chi connectivity index (χ0) is 16.7. The van der Waals surface area contributed by atoms with E-state index in [1.165, 1.54) is 0 Å². The second-order valence-corrected chi connectivity index (χ2v) is 6.32. The van der Waals surface area contributed by atoms with Crippen LogP contribution in [-0.2, 0) is 6.42 Å².